The molecular formula is C28H28N6O3S. The molecule has 1 fully saturated rings. The van der Waals surface area contributed by atoms with Crippen LogP contribution in [0.15, 0.2) is 66.9 Å². The van der Waals surface area contributed by atoms with Gasteiger partial charge in [-0.3, -0.25) is 24.3 Å². The highest BCUT2D eigenvalue weighted by molar-refractivity contribution is 7.09. The van der Waals surface area contributed by atoms with Gasteiger partial charge >= 0.3 is 0 Å². The van der Waals surface area contributed by atoms with Crippen LogP contribution in [0, 0.1) is 0 Å². The summed E-state index contributed by atoms with van der Waals surface area (Å²) in [7, 11) is 0. The molecule has 0 radical (unpaired) electrons. The number of para-hydroxylation sites is 1. The number of carbonyl (C=O) groups is 3. The lowest BCUT2D eigenvalue weighted by atomic mass is 9.94. The van der Waals surface area contributed by atoms with E-state index in [1.807, 2.05) is 36.4 Å². The third kappa shape index (κ3) is 5.08. The Morgan fingerprint density at radius 2 is 1.76 bits per heavy atom. The fourth-order valence-electron chi connectivity index (χ4n) is 4.92. The van der Waals surface area contributed by atoms with Crippen LogP contribution in [0.25, 0.3) is 10.9 Å². The predicted molar refractivity (Wildman–Crippen MR) is 148 cm³/mol. The minimum Gasteiger partial charge on any atom is -0.395 e. The molecule has 5 N–H and O–H groups in total. The molecule has 1 aliphatic carbocycles. The third-order valence-electron chi connectivity index (χ3n) is 6.81. The van der Waals surface area contributed by atoms with Crippen molar-refractivity contribution in [2.75, 3.05) is 10.6 Å². The van der Waals surface area contributed by atoms with E-state index < -0.39 is 17.9 Å². The monoisotopic (exact) mass is 528 g/mol. The Balaban J connectivity index is 1.64. The molecule has 2 heterocycles. The number of hydrogen-bond acceptors (Lipinski definition) is 7. The number of nitrogen functional groups attached to an aromatic ring is 1. The molecule has 0 unspecified atom stereocenters. The van der Waals surface area contributed by atoms with Gasteiger partial charge in [0.05, 0.1) is 11.2 Å². The molecule has 0 aliphatic heterocycles. The molecule has 38 heavy (non-hydrogen) atoms. The van der Waals surface area contributed by atoms with Crippen LogP contribution in [0.1, 0.15) is 63.9 Å². The van der Waals surface area contributed by atoms with E-state index in [0.29, 0.717) is 11.3 Å². The first kappa shape index (κ1) is 25.3. The molecule has 10 heteroatoms. The van der Waals surface area contributed by atoms with Gasteiger partial charge in [0.1, 0.15) is 10.9 Å². The molecule has 2 aromatic carbocycles. The van der Waals surface area contributed by atoms with Crippen molar-refractivity contribution in [3.63, 3.8) is 0 Å². The number of rotatable bonds is 7. The summed E-state index contributed by atoms with van der Waals surface area (Å²) in [5.74, 6) is -1.66. The average Bonchev–Trinajstić information content (AvgIpc) is 3.33. The quantitative estimate of drug-likeness (QED) is 0.328. The van der Waals surface area contributed by atoms with Gasteiger partial charge in [-0.05, 0) is 60.3 Å². The smallest absolute Gasteiger partial charge is 0.273 e. The van der Waals surface area contributed by atoms with Crippen molar-refractivity contribution in [2.45, 2.75) is 44.2 Å². The van der Waals surface area contributed by atoms with Gasteiger partial charge < -0.3 is 16.8 Å². The maximum absolute atomic E-state index is 14.1. The van der Waals surface area contributed by atoms with E-state index in [0.717, 1.165) is 54.5 Å². The maximum Gasteiger partial charge on any atom is 0.273 e. The number of pyridine rings is 1. The molecule has 5 rings (SSSR count). The number of hydrogen-bond donors (Lipinski definition) is 3. The fraction of sp³-hybridized carbons (Fsp3) is 0.250. The van der Waals surface area contributed by atoms with Crippen molar-refractivity contribution in [3.05, 3.63) is 83.0 Å². The molecule has 3 amide bonds. The zero-order valence-corrected chi connectivity index (χ0v) is 21.5. The molecular weight excluding hydrogens is 500 g/mol. The average molecular weight is 529 g/mol. The Morgan fingerprint density at radius 3 is 2.47 bits per heavy atom. The Labute approximate surface area is 224 Å². The van der Waals surface area contributed by atoms with Crippen LogP contribution in [0.4, 0.5) is 11.4 Å². The van der Waals surface area contributed by atoms with Gasteiger partial charge in [-0.2, -0.15) is 4.37 Å². The van der Waals surface area contributed by atoms with E-state index in [4.69, 9.17) is 11.5 Å². The molecule has 1 aliphatic rings. The normalized spacial score (nSPS) is 14.6. The fourth-order valence-corrected chi connectivity index (χ4v) is 5.66. The number of aromatic nitrogens is 2. The van der Waals surface area contributed by atoms with Crippen LogP contribution in [-0.2, 0) is 4.79 Å². The summed E-state index contributed by atoms with van der Waals surface area (Å²) in [5, 5.41) is 4.04. The summed E-state index contributed by atoms with van der Waals surface area (Å²) in [5.41, 5.74) is 13.2. The first-order valence-corrected chi connectivity index (χ1v) is 13.3. The van der Waals surface area contributed by atoms with E-state index in [1.165, 1.54) is 4.90 Å². The highest BCUT2D eigenvalue weighted by atomic mass is 32.1. The Hall–Kier alpha value is -4.31. The standard InChI is InChI=1S/C28H28N6O3S/c29-22-23(26(30)35)33-38-25(22)28(37)34(20-11-5-2-6-12-20)24(27(36)32-19-9-3-1-4-10-19)18-13-14-21-17(16-18)8-7-15-31-21/h2,5-8,11-16,19,24H,1,3-4,9-10,29H2,(H2,30,35)(H,32,36)/t24-/m0/s1. The van der Waals surface area contributed by atoms with Crippen molar-refractivity contribution >= 4 is 51.5 Å². The molecule has 1 saturated carbocycles. The topological polar surface area (TPSA) is 144 Å². The van der Waals surface area contributed by atoms with Gasteiger partial charge in [0, 0.05) is 23.3 Å². The van der Waals surface area contributed by atoms with Gasteiger partial charge in [-0.15, -0.1) is 0 Å². The lowest BCUT2D eigenvalue weighted by Gasteiger charge is -2.33. The highest BCUT2D eigenvalue weighted by Crippen LogP contribution is 2.34. The van der Waals surface area contributed by atoms with Gasteiger partial charge in [-0.25, -0.2) is 0 Å². The molecule has 2 aromatic heterocycles. The number of amides is 3. The number of fused-ring (bicyclic) bond motifs is 1. The second kappa shape index (κ2) is 11.0. The summed E-state index contributed by atoms with van der Waals surface area (Å²) >= 11 is 0.789. The second-order valence-electron chi connectivity index (χ2n) is 9.35. The molecule has 1 atom stereocenters. The van der Waals surface area contributed by atoms with E-state index in [-0.39, 0.29) is 28.2 Å². The Kier molecular flexibility index (Phi) is 7.32. The first-order valence-electron chi connectivity index (χ1n) is 12.5. The van der Waals surface area contributed by atoms with E-state index in [9.17, 15) is 14.4 Å². The largest absolute Gasteiger partial charge is 0.395 e. The molecule has 0 saturated heterocycles. The van der Waals surface area contributed by atoms with Gasteiger partial charge in [0.25, 0.3) is 11.8 Å². The van der Waals surface area contributed by atoms with Crippen molar-refractivity contribution in [2.24, 2.45) is 5.73 Å². The van der Waals surface area contributed by atoms with Crippen LogP contribution in [-0.4, -0.2) is 33.1 Å². The van der Waals surface area contributed by atoms with Crippen LogP contribution in [0.3, 0.4) is 0 Å². The minimum atomic E-state index is -1.02. The first-order chi connectivity index (χ1) is 18.4. The number of carbonyl (C=O) groups excluding carboxylic acids is 3. The summed E-state index contributed by atoms with van der Waals surface area (Å²) in [4.78, 5) is 45.9. The Morgan fingerprint density at radius 1 is 1.00 bits per heavy atom. The molecule has 0 bridgehead atoms. The van der Waals surface area contributed by atoms with Crippen molar-refractivity contribution < 1.29 is 14.4 Å². The number of anilines is 2. The summed E-state index contributed by atoms with van der Waals surface area (Å²) in [6.45, 7) is 0. The van der Waals surface area contributed by atoms with Gasteiger partial charge in [-0.1, -0.05) is 49.6 Å². The van der Waals surface area contributed by atoms with Crippen molar-refractivity contribution in [3.8, 4) is 0 Å². The van der Waals surface area contributed by atoms with Gasteiger partial charge in [0.2, 0.25) is 5.91 Å². The molecule has 194 valence electrons. The molecule has 4 aromatic rings. The zero-order chi connectivity index (χ0) is 26.6. The van der Waals surface area contributed by atoms with E-state index >= 15 is 0 Å². The number of nitrogens with zero attached hydrogens (tertiary/aromatic N) is 3. The van der Waals surface area contributed by atoms with Crippen molar-refractivity contribution in [1.82, 2.24) is 14.7 Å². The number of nitrogens with one attached hydrogen (secondary N) is 1. The summed E-state index contributed by atoms with van der Waals surface area (Å²) < 4.78 is 4.01. The lowest BCUT2D eigenvalue weighted by molar-refractivity contribution is -0.123. The van der Waals surface area contributed by atoms with Crippen LogP contribution in [0.5, 0.6) is 0 Å². The number of benzene rings is 2. The minimum absolute atomic E-state index is 0.0311. The second-order valence-corrected chi connectivity index (χ2v) is 10.1. The van der Waals surface area contributed by atoms with Crippen LogP contribution < -0.4 is 21.7 Å². The summed E-state index contributed by atoms with van der Waals surface area (Å²) in [6.07, 6.45) is 6.73. The van der Waals surface area contributed by atoms with Gasteiger partial charge in [0.15, 0.2) is 5.69 Å². The van der Waals surface area contributed by atoms with E-state index in [1.54, 1.807) is 30.5 Å². The van der Waals surface area contributed by atoms with Crippen molar-refractivity contribution in [1.29, 1.82) is 0 Å². The predicted octanol–water partition coefficient (Wildman–Crippen LogP) is 4.21. The zero-order valence-electron chi connectivity index (χ0n) is 20.7. The van der Waals surface area contributed by atoms with Crippen LogP contribution in [0.2, 0.25) is 0 Å². The number of nitrogens with two attached hydrogens (primary N) is 2. The van der Waals surface area contributed by atoms with E-state index in [2.05, 4.69) is 14.7 Å². The SMILES string of the molecule is NC(=O)c1nsc(C(=O)N(c2ccccc2)[C@H](C(=O)NC2CCCCC2)c2ccc3ncccc3c2)c1N. The molecule has 0 spiro atoms. The molecule has 9 nitrogen and oxygen atoms in total. The lowest BCUT2D eigenvalue weighted by Crippen LogP contribution is -2.47. The maximum atomic E-state index is 14.1. The highest BCUT2D eigenvalue weighted by Gasteiger charge is 2.37. The number of primary amides is 1. The summed E-state index contributed by atoms with van der Waals surface area (Å²) in [6, 6.07) is 17.2. The van der Waals surface area contributed by atoms with Crippen LogP contribution >= 0.6 is 11.5 Å². The Bertz CT molecular complexity index is 1480. The third-order valence-corrected chi connectivity index (χ3v) is 7.66.